The lowest BCUT2D eigenvalue weighted by Gasteiger charge is -2.39. The van der Waals surface area contributed by atoms with E-state index in [4.69, 9.17) is 9.16 Å². The van der Waals surface area contributed by atoms with Crippen LogP contribution in [0.2, 0.25) is 18.1 Å². The van der Waals surface area contributed by atoms with Crippen molar-refractivity contribution in [2.24, 2.45) is 0 Å². The van der Waals surface area contributed by atoms with Crippen LogP contribution in [-0.4, -0.2) is 45.7 Å². The fourth-order valence-corrected chi connectivity index (χ4v) is 5.09. The number of aliphatic hydroxyl groups is 1. The molecular weight excluding hydrogens is 443 g/mol. The summed E-state index contributed by atoms with van der Waals surface area (Å²) in [4.78, 5) is 25.5. The molecule has 1 saturated heterocycles. The van der Waals surface area contributed by atoms with Crippen LogP contribution in [-0.2, 0) is 9.16 Å². The number of halogens is 1. The lowest BCUT2D eigenvalue weighted by molar-refractivity contribution is -0.0434. The van der Waals surface area contributed by atoms with Gasteiger partial charge in [-0.25, -0.2) is 4.79 Å². The van der Waals surface area contributed by atoms with Crippen molar-refractivity contribution < 1.29 is 14.3 Å². The number of aliphatic hydroxyl groups excluding tert-OH is 1. The minimum absolute atomic E-state index is 0.0241. The maximum Gasteiger partial charge on any atom is 0.330 e. The van der Waals surface area contributed by atoms with E-state index in [1.807, 2.05) is 0 Å². The summed E-state index contributed by atoms with van der Waals surface area (Å²) in [6.07, 6.45) is -0.00674. The average molecular weight is 468 g/mol. The van der Waals surface area contributed by atoms with Gasteiger partial charge in [0.15, 0.2) is 14.5 Å². The van der Waals surface area contributed by atoms with Gasteiger partial charge in [0.05, 0.1) is 16.6 Å². The topological polar surface area (TPSA) is 93.6 Å². The second kappa shape index (κ2) is 7.02. The Kier molecular flexibility index (Phi) is 5.80. The maximum absolute atomic E-state index is 12.0. The van der Waals surface area contributed by atoms with Crippen molar-refractivity contribution in [3.63, 3.8) is 0 Å². The first-order valence-corrected chi connectivity index (χ1v) is 12.0. The molecule has 0 aromatic carbocycles. The van der Waals surface area contributed by atoms with Crippen LogP contribution >= 0.6 is 22.6 Å². The quantitative estimate of drug-likeness (QED) is 0.398. The van der Waals surface area contributed by atoms with Gasteiger partial charge in [0.2, 0.25) is 0 Å². The highest BCUT2D eigenvalue weighted by molar-refractivity contribution is 14.1. The Morgan fingerprint density at radius 3 is 2.54 bits per heavy atom. The summed E-state index contributed by atoms with van der Waals surface area (Å²) in [6.45, 7) is 10.5. The average Bonchev–Trinajstić information content (AvgIpc) is 2.74. The predicted octanol–water partition coefficient (Wildman–Crippen LogP) is 1.62. The van der Waals surface area contributed by atoms with Crippen molar-refractivity contribution in [1.82, 2.24) is 9.55 Å². The van der Waals surface area contributed by atoms with Crippen LogP contribution in [0, 0.1) is 0 Å². The first kappa shape index (κ1) is 19.8. The number of aromatic nitrogens is 2. The third-order valence-electron chi connectivity index (χ3n) is 4.81. The zero-order chi connectivity index (χ0) is 18.3. The Morgan fingerprint density at radius 2 is 2.04 bits per heavy atom. The van der Waals surface area contributed by atoms with Gasteiger partial charge in [-0.2, -0.15) is 0 Å². The molecule has 1 aliphatic rings. The standard InChI is InChI=1S/C15H25IN2O5Si/c1-15(2,3)24(4,5)23-12-9(8-19)22-13(11(12)16)18-7-6-10(20)17-14(18)21/h6-7,9,11-13,19H,8H2,1-5H3,(H,17,20,21)/t9-,11?,12?,13-/m1/s1. The van der Waals surface area contributed by atoms with Crippen molar-refractivity contribution >= 4 is 30.9 Å². The van der Waals surface area contributed by atoms with E-state index in [0.717, 1.165) is 0 Å². The fourth-order valence-electron chi connectivity index (χ4n) is 2.35. The van der Waals surface area contributed by atoms with E-state index in [9.17, 15) is 14.7 Å². The Morgan fingerprint density at radius 1 is 1.42 bits per heavy atom. The highest BCUT2D eigenvalue weighted by Gasteiger charge is 2.49. The summed E-state index contributed by atoms with van der Waals surface area (Å²) >= 11 is 2.20. The van der Waals surface area contributed by atoms with Crippen molar-refractivity contribution in [3.8, 4) is 0 Å². The van der Waals surface area contributed by atoms with Gasteiger partial charge in [-0.15, -0.1) is 0 Å². The normalized spacial score (nSPS) is 28.3. The van der Waals surface area contributed by atoms with E-state index in [2.05, 4.69) is 61.4 Å². The molecule has 24 heavy (non-hydrogen) atoms. The number of alkyl halides is 1. The SMILES string of the molecule is CC(C)(C)[Si](C)(C)OC1C(I)[C@H](n2ccc(=O)[nH]c2=O)O[C@@H]1CO. The van der Waals surface area contributed by atoms with Gasteiger partial charge in [-0.3, -0.25) is 14.3 Å². The maximum atomic E-state index is 12.0. The lowest BCUT2D eigenvalue weighted by atomic mass is 10.2. The number of aromatic amines is 1. The number of H-pyrrole nitrogens is 1. The molecule has 1 aliphatic heterocycles. The van der Waals surface area contributed by atoms with E-state index in [1.54, 1.807) is 0 Å². The smallest absolute Gasteiger partial charge is 0.330 e. The summed E-state index contributed by atoms with van der Waals surface area (Å²) in [5.41, 5.74) is -0.981. The highest BCUT2D eigenvalue weighted by Crippen LogP contribution is 2.43. The van der Waals surface area contributed by atoms with Crippen LogP contribution in [0.4, 0.5) is 0 Å². The number of hydrogen-bond acceptors (Lipinski definition) is 5. The number of ether oxygens (including phenoxy) is 1. The molecule has 9 heteroatoms. The summed E-state index contributed by atoms with van der Waals surface area (Å²) in [7, 11) is -2.06. The monoisotopic (exact) mass is 468 g/mol. The molecule has 2 rings (SSSR count). The molecule has 2 heterocycles. The van der Waals surface area contributed by atoms with Crippen LogP contribution < -0.4 is 11.2 Å². The molecule has 1 aromatic heterocycles. The van der Waals surface area contributed by atoms with Crippen LogP contribution in [0.1, 0.15) is 27.0 Å². The van der Waals surface area contributed by atoms with Crippen molar-refractivity contribution in [2.75, 3.05) is 6.61 Å². The third-order valence-corrected chi connectivity index (χ3v) is 10.6. The Labute approximate surface area is 155 Å². The first-order valence-electron chi connectivity index (χ1n) is 7.87. The fraction of sp³-hybridized carbons (Fsp3) is 0.733. The van der Waals surface area contributed by atoms with E-state index in [1.165, 1.54) is 16.8 Å². The van der Waals surface area contributed by atoms with Crippen molar-refractivity contribution in [1.29, 1.82) is 0 Å². The molecule has 0 amide bonds. The van der Waals surface area contributed by atoms with E-state index in [0.29, 0.717) is 0 Å². The molecule has 0 spiro atoms. The minimum Gasteiger partial charge on any atom is -0.410 e. The molecule has 0 aliphatic carbocycles. The summed E-state index contributed by atoms with van der Waals surface area (Å²) in [6, 6.07) is 1.28. The van der Waals surface area contributed by atoms with Crippen molar-refractivity contribution in [2.45, 2.75) is 61.3 Å². The zero-order valence-electron chi connectivity index (χ0n) is 14.6. The summed E-state index contributed by atoms with van der Waals surface area (Å²) < 4.78 is 13.5. The number of nitrogens with one attached hydrogen (secondary N) is 1. The molecule has 136 valence electrons. The molecule has 1 aromatic rings. The van der Waals surface area contributed by atoms with E-state index in [-0.39, 0.29) is 21.7 Å². The molecule has 0 bridgehead atoms. The van der Waals surface area contributed by atoms with Crippen LogP contribution in [0.3, 0.4) is 0 Å². The van der Waals surface area contributed by atoms with Crippen LogP contribution in [0.15, 0.2) is 21.9 Å². The second-order valence-corrected chi connectivity index (χ2v) is 13.7. The van der Waals surface area contributed by atoms with Gasteiger partial charge in [-0.05, 0) is 18.1 Å². The van der Waals surface area contributed by atoms with Gasteiger partial charge >= 0.3 is 5.69 Å². The van der Waals surface area contributed by atoms with E-state index >= 15 is 0 Å². The minimum atomic E-state index is -2.06. The molecule has 0 saturated carbocycles. The second-order valence-electron chi connectivity index (χ2n) is 7.55. The lowest BCUT2D eigenvalue weighted by Crippen LogP contribution is -2.48. The van der Waals surface area contributed by atoms with Crippen LogP contribution in [0.5, 0.6) is 0 Å². The van der Waals surface area contributed by atoms with Crippen LogP contribution in [0.25, 0.3) is 0 Å². The third kappa shape index (κ3) is 3.84. The summed E-state index contributed by atoms with van der Waals surface area (Å²) in [5.74, 6) is 0. The van der Waals surface area contributed by atoms with Gasteiger partial charge in [0.1, 0.15) is 6.10 Å². The van der Waals surface area contributed by atoms with Crippen molar-refractivity contribution in [3.05, 3.63) is 33.1 Å². The Hall–Kier alpha value is -0.493. The predicted molar refractivity (Wildman–Crippen MR) is 102 cm³/mol. The molecule has 0 radical (unpaired) electrons. The number of rotatable bonds is 4. The molecule has 2 N–H and O–H groups in total. The molecule has 2 unspecified atom stereocenters. The van der Waals surface area contributed by atoms with Gasteiger partial charge in [0.25, 0.3) is 5.56 Å². The summed E-state index contributed by atoms with van der Waals surface area (Å²) in [5, 5.41) is 9.72. The molecule has 4 atom stereocenters. The molecule has 7 nitrogen and oxygen atoms in total. The van der Waals surface area contributed by atoms with Gasteiger partial charge < -0.3 is 14.3 Å². The Balaban J connectivity index is 2.31. The first-order chi connectivity index (χ1) is 11.0. The number of hydrogen-bond donors (Lipinski definition) is 2. The number of nitrogens with zero attached hydrogens (tertiary/aromatic N) is 1. The van der Waals surface area contributed by atoms with Gasteiger partial charge in [-0.1, -0.05) is 43.4 Å². The molecular formula is C15H25IN2O5Si. The van der Waals surface area contributed by atoms with Gasteiger partial charge in [0, 0.05) is 12.3 Å². The largest absolute Gasteiger partial charge is 0.410 e. The Bertz CT molecular complexity index is 696. The van der Waals surface area contributed by atoms with E-state index < -0.39 is 31.9 Å². The zero-order valence-corrected chi connectivity index (χ0v) is 17.7. The highest BCUT2D eigenvalue weighted by atomic mass is 127. The molecule has 1 fully saturated rings.